The summed E-state index contributed by atoms with van der Waals surface area (Å²) in [5.41, 5.74) is 1.65. The third-order valence-corrected chi connectivity index (χ3v) is 3.44. The summed E-state index contributed by atoms with van der Waals surface area (Å²) < 4.78 is 0. The first-order chi connectivity index (χ1) is 8.15. The van der Waals surface area contributed by atoms with Gasteiger partial charge in [0.25, 0.3) is 0 Å². The fourth-order valence-electron chi connectivity index (χ4n) is 1.57. The summed E-state index contributed by atoms with van der Waals surface area (Å²) in [6.07, 6.45) is 1.49. The number of anilines is 1. The van der Waals surface area contributed by atoms with Crippen LogP contribution in [0.1, 0.15) is 11.3 Å². The first-order valence-electron chi connectivity index (χ1n) is 5.38. The number of aromatic amines is 2. The summed E-state index contributed by atoms with van der Waals surface area (Å²) in [6.45, 7) is 2.49. The minimum atomic E-state index is -0.525. The fraction of sp³-hybridized carbons (Fsp3) is 0.364. The second-order valence-electron chi connectivity index (χ2n) is 3.94. The van der Waals surface area contributed by atoms with E-state index < -0.39 is 6.10 Å². The molecule has 5 nitrogen and oxygen atoms in total. The Hall–Kier alpha value is -1.53. The van der Waals surface area contributed by atoms with Crippen LogP contribution < -0.4 is 11.0 Å². The quantitative estimate of drug-likeness (QED) is 0.644. The first kappa shape index (κ1) is 11.9. The molecule has 0 saturated heterocycles. The molecule has 0 fully saturated rings. The number of aliphatic hydroxyl groups is 1. The number of imidazole rings is 1. The summed E-state index contributed by atoms with van der Waals surface area (Å²) in [6, 6.07) is 2.03. The maximum atomic E-state index is 10.9. The molecule has 0 radical (unpaired) electrons. The van der Waals surface area contributed by atoms with Gasteiger partial charge < -0.3 is 20.4 Å². The van der Waals surface area contributed by atoms with Crippen LogP contribution in [0, 0.1) is 6.92 Å². The molecule has 0 aromatic carbocycles. The summed E-state index contributed by atoms with van der Waals surface area (Å²) in [4.78, 5) is 16.0. The van der Waals surface area contributed by atoms with Crippen molar-refractivity contribution in [2.75, 3.05) is 11.9 Å². The lowest BCUT2D eigenvalue weighted by Crippen LogP contribution is -2.22. The molecular weight excluding hydrogens is 238 g/mol. The van der Waals surface area contributed by atoms with Crippen molar-refractivity contribution in [2.24, 2.45) is 0 Å². The summed E-state index contributed by atoms with van der Waals surface area (Å²) in [5.74, 6) is 0. The lowest BCUT2D eigenvalue weighted by Gasteiger charge is -2.11. The van der Waals surface area contributed by atoms with Gasteiger partial charge in [-0.25, -0.2) is 4.79 Å². The monoisotopic (exact) mass is 253 g/mol. The molecule has 0 aliphatic heterocycles. The standard InChI is InChI=1S/C11H15N3O2S/c1-7-2-3-17-10(7)12-6-9(15)4-8-5-13-11(16)14-8/h2-3,5,9,12,15H,4,6H2,1H3,(H2,13,14,16). The van der Waals surface area contributed by atoms with Crippen LogP contribution in [0.25, 0.3) is 0 Å². The summed E-state index contributed by atoms with van der Waals surface area (Å²) >= 11 is 1.62. The van der Waals surface area contributed by atoms with E-state index >= 15 is 0 Å². The Bertz CT molecular complexity index is 529. The van der Waals surface area contributed by atoms with Gasteiger partial charge in [-0.1, -0.05) is 0 Å². The Balaban J connectivity index is 1.84. The molecule has 0 aliphatic carbocycles. The van der Waals surface area contributed by atoms with Crippen molar-refractivity contribution < 1.29 is 5.11 Å². The van der Waals surface area contributed by atoms with Gasteiger partial charge in [0.2, 0.25) is 0 Å². The second kappa shape index (κ2) is 5.20. The molecule has 1 atom stereocenters. The molecule has 0 amide bonds. The maximum Gasteiger partial charge on any atom is 0.323 e. The Morgan fingerprint density at radius 1 is 1.59 bits per heavy atom. The Kier molecular flexibility index (Phi) is 3.65. The van der Waals surface area contributed by atoms with Crippen molar-refractivity contribution in [2.45, 2.75) is 19.4 Å². The van der Waals surface area contributed by atoms with Crippen LogP contribution in [0.4, 0.5) is 5.00 Å². The molecule has 2 heterocycles. The molecule has 1 unspecified atom stereocenters. The van der Waals surface area contributed by atoms with Gasteiger partial charge in [-0.2, -0.15) is 0 Å². The van der Waals surface area contributed by atoms with E-state index in [-0.39, 0.29) is 5.69 Å². The average Bonchev–Trinajstić information content (AvgIpc) is 2.85. The van der Waals surface area contributed by atoms with Crippen LogP contribution in [0.2, 0.25) is 0 Å². The Morgan fingerprint density at radius 2 is 2.41 bits per heavy atom. The van der Waals surface area contributed by atoms with Crippen LogP contribution in [-0.4, -0.2) is 27.7 Å². The van der Waals surface area contributed by atoms with Gasteiger partial charge in [0, 0.05) is 24.9 Å². The first-order valence-corrected chi connectivity index (χ1v) is 6.25. The van der Waals surface area contributed by atoms with Gasteiger partial charge in [-0.15, -0.1) is 11.3 Å². The maximum absolute atomic E-state index is 10.9. The molecule has 6 heteroatoms. The van der Waals surface area contributed by atoms with Gasteiger partial charge in [0.15, 0.2) is 0 Å². The van der Waals surface area contributed by atoms with E-state index in [0.29, 0.717) is 18.7 Å². The topological polar surface area (TPSA) is 80.9 Å². The molecule has 2 rings (SSSR count). The van der Waals surface area contributed by atoms with E-state index in [2.05, 4.69) is 15.3 Å². The van der Waals surface area contributed by atoms with Crippen LogP contribution >= 0.6 is 11.3 Å². The molecule has 2 aromatic rings. The molecule has 0 bridgehead atoms. The van der Waals surface area contributed by atoms with Crippen molar-refractivity contribution in [3.05, 3.63) is 39.4 Å². The Labute approximate surface area is 103 Å². The van der Waals surface area contributed by atoms with Crippen molar-refractivity contribution >= 4 is 16.3 Å². The third-order valence-electron chi connectivity index (χ3n) is 2.47. The molecule has 2 aromatic heterocycles. The average molecular weight is 253 g/mol. The summed E-state index contributed by atoms with van der Waals surface area (Å²) in [7, 11) is 0. The number of rotatable bonds is 5. The lowest BCUT2D eigenvalue weighted by atomic mass is 10.2. The predicted octanol–water partition coefficient (Wildman–Crippen LogP) is 1.09. The number of H-pyrrole nitrogens is 2. The smallest absolute Gasteiger partial charge is 0.323 e. The van der Waals surface area contributed by atoms with Gasteiger partial charge >= 0.3 is 5.69 Å². The zero-order chi connectivity index (χ0) is 12.3. The fourth-order valence-corrected chi connectivity index (χ4v) is 2.40. The molecule has 4 N–H and O–H groups in total. The van der Waals surface area contributed by atoms with Crippen LogP contribution in [0.5, 0.6) is 0 Å². The Morgan fingerprint density at radius 3 is 3.00 bits per heavy atom. The highest BCUT2D eigenvalue weighted by Gasteiger charge is 2.08. The zero-order valence-corrected chi connectivity index (χ0v) is 10.3. The second-order valence-corrected chi connectivity index (χ2v) is 4.86. The number of nitrogens with one attached hydrogen (secondary N) is 3. The third kappa shape index (κ3) is 3.21. The number of aliphatic hydroxyl groups excluding tert-OH is 1. The van der Waals surface area contributed by atoms with E-state index in [9.17, 15) is 9.90 Å². The van der Waals surface area contributed by atoms with Gasteiger partial charge in [-0.3, -0.25) is 0 Å². The highest BCUT2D eigenvalue weighted by Crippen LogP contribution is 2.21. The number of aromatic nitrogens is 2. The van der Waals surface area contributed by atoms with Gasteiger partial charge in [0.1, 0.15) is 0 Å². The molecular formula is C11H15N3O2S. The van der Waals surface area contributed by atoms with Crippen molar-refractivity contribution in [3.63, 3.8) is 0 Å². The van der Waals surface area contributed by atoms with Crippen LogP contribution in [-0.2, 0) is 6.42 Å². The normalized spacial score (nSPS) is 12.6. The number of thiophene rings is 1. The highest BCUT2D eigenvalue weighted by molar-refractivity contribution is 7.14. The highest BCUT2D eigenvalue weighted by atomic mass is 32.1. The number of aryl methyl sites for hydroxylation is 1. The van der Waals surface area contributed by atoms with E-state index in [4.69, 9.17) is 0 Å². The van der Waals surface area contributed by atoms with Gasteiger partial charge in [-0.05, 0) is 23.9 Å². The molecule has 0 spiro atoms. The number of hydrogen-bond acceptors (Lipinski definition) is 4. The van der Waals surface area contributed by atoms with Crippen molar-refractivity contribution in [1.29, 1.82) is 0 Å². The van der Waals surface area contributed by atoms with Gasteiger partial charge in [0.05, 0.1) is 11.1 Å². The molecule has 17 heavy (non-hydrogen) atoms. The van der Waals surface area contributed by atoms with E-state index in [1.807, 2.05) is 18.4 Å². The van der Waals surface area contributed by atoms with Crippen LogP contribution in [0.15, 0.2) is 22.4 Å². The molecule has 0 saturated carbocycles. The molecule has 92 valence electrons. The zero-order valence-electron chi connectivity index (χ0n) is 9.49. The van der Waals surface area contributed by atoms with Crippen molar-refractivity contribution in [1.82, 2.24) is 9.97 Å². The van der Waals surface area contributed by atoms with E-state index in [1.165, 1.54) is 5.56 Å². The largest absolute Gasteiger partial charge is 0.391 e. The van der Waals surface area contributed by atoms with E-state index in [1.54, 1.807) is 17.5 Å². The van der Waals surface area contributed by atoms with Crippen LogP contribution in [0.3, 0.4) is 0 Å². The molecule has 0 aliphatic rings. The number of hydrogen-bond donors (Lipinski definition) is 4. The minimum Gasteiger partial charge on any atom is -0.391 e. The predicted molar refractivity (Wildman–Crippen MR) is 68.7 cm³/mol. The SMILES string of the molecule is Cc1ccsc1NCC(O)Cc1c[nH]c(=O)[nH]1. The van der Waals surface area contributed by atoms with Crippen molar-refractivity contribution in [3.8, 4) is 0 Å². The summed E-state index contributed by atoms with van der Waals surface area (Å²) in [5, 5.41) is 16.1. The minimum absolute atomic E-state index is 0.241. The lowest BCUT2D eigenvalue weighted by molar-refractivity contribution is 0.187. The van der Waals surface area contributed by atoms with E-state index in [0.717, 1.165) is 5.00 Å².